The number of aryl methyl sites for hydroxylation is 2. The summed E-state index contributed by atoms with van der Waals surface area (Å²) in [6.07, 6.45) is 18.0. The summed E-state index contributed by atoms with van der Waals surface area (Å²) >= 11 is 0. The fourth-order valence-corrected chi connectivity index (χ4v) is 2.19. The van der Waals surface area contributed by atoms with Crippen molar-refractivity contribution >= 4 is 0 Å². The molecule has 0 spiro atoms. The van der Waals surface area contributed by atoms with Crippen molar-refractivity contribution in [2.75, 3.05) is 0 Å². The van der Waals surface area contributed by atoms with E-state index < -0.39 is 0 Å². The van der Waals surface area contributed by atoms with E-state index in [1.54, 1.807) is 0 Å². The number of benzene rings is 1. The molecule has 0 atom stereocenters. The molecule has 18 heavy (non-hydrogen) atoms. The van der Waals surface area contributed by atoms with Crippen LogP contribution in [0, 0.1) is 12.3 Å². The molecule has 0 saturated carbocycles. The Morgan fingerprint density at radius 3 is 2.00 bits per heavy atom. The van der Waals surface area contributed by atoms with Gasteiger partial charge < -0.3 is 0 Å². The molecule has 0 aliphatic heterocycles. The van der Waals surface area contributed by atoms with E-state index in [0.29, 0.717) is 0 Å². The minimum atomic E-state index is 0.733. The fraction of sp³-hybridized carbons (Fsp3) is 0.556. The molecular formula is C18H25. The molecule has 97 valence electrons. The van der Waals surface area contributed by atoms with Crippen LogP contribution in [0.15, 0.2) is 24.3 Å². The predicted octanol–water partition coefficient (Wildman–Crippen LogP) is 5.11. The van der Waals surface area contributed by atoms with Crippen molar-refractivity contribution < 1.29 is 0 Å². The molecule has 0 N–H and O–H groups in total. The molecule has 1 radical (unpaired) electrons. The summed E-state index contributed by atoms with van der Waals surface area (Å²) < 4.78 is 0. The van der Waals surface area contributed by atoms with Crippen LogP contribution in [0.1, 0.15) is 63.0 Å². The molecule has 0 nitrogen and oxygen atoms in total. The Hall–Kier alpha value is -1.22. The van der Waals surface area contributed by atoms with Crippen molar-refractivity contribution in [3.63, 3.8) is 0 Å². The third-order valence-corrected chi connectivity index (χ3v) is 3.38. The molecule has 1 aromatic rings. The second-order valence-electron chi connectivity index (χ2n) is 5.01. The minimum absolute atomic E-state index is 0.733. The van der Waals surface area contributed by atoms with Crippen LogP contribution in [-0.4, -0.2) is 0 Å². The van der Waals surface area contributed by atoms with Crippen molar-refractivity contribution in [2.45, 2.75) is 64.7 Å². The lowest BCUT2D eigenvalue weighted by molar-refractivity contribution is 0.607. The summed E-state index contributed by atoms with van der Waals surface area (Å²) in [6.45, 7) is 2.26. The Morgan fingerprint density at radius 2 is 1.39 bits per heavy atom. The van der Waals surface area contributed by atoms with Crippen molar-refractivity contribution in [3.05, 3.63) is 41.8 Å². The fourth-order valence-electron chi connectivity index (χ4n) is 2.19. The summed E-state index contributed by atoms with van der Waals surface area (Å²) in [5.41, 5.74) is 2.77. The number of rotatable bonds is 9. The molecule has 0 bridgehead atoms. The zero-order chi connectivity index (χ0) is 13.1. The highest BCUT2D eigenvalue weighted by Gasteiger charge is 1.96. The van der Waals surface area contributed by atoms with E-state index in [1.807, 2.05) is 0 Å². The van der Waals surface area contributed by atoms with Crippen molar-refractivity contribution in [2.24, 2.45) is 0 Å². The molecule has 1 rings (SSSR count). The van der Waals surface area contributed by atoms with Crippen LogP contribution in [0.4, 0.5) is 0 Å². The number of unbranched alkanes of at least 4 members (excludes halogenated alkanes) is 5. The van der Waals surface area contributed by atoms with Gasteiger partial charge in [0.25, 0.3) is 0 Å². The first-order valence-corrected chi connectivity index (χ1v) is 7.34. The van der Waals surface area contributed by atoms with E-state index in [4.69, 9.17) is 6.42 Å². The summed E-state index contributed by atoms with van der Waals surface area (Å²) in [5, 5.41) is 0. The van der Waals surface area contributed by atoms with Crippen LogP contribution in [0.5, 0.6) is 0 Å². The van der Waals surface area contributed by atoms with Gasteiger partial charge in [-0.2, -0.15) is 0 Å². The van der Waals surface area contributed by atoms with Gasteiger partial charge >= 0.3 is 0 Å². The quantitative estimate of drug-likeness (QED) is 0.416. The lowest BCUT2D eigenvalue weighted by Crippen LogP contribution is -1.88. The van der Waals surface area contributed by atoms with E-state index in [0.717, 1.165) is 12.8 Å². The molecule has 0 amide bonds. The standard InChI is InChI=1S/C18H25/c1-3-5-7-8-9-10-12-18-15-13-17(14-16-18)11-6-4-2/h13-16H,3,5-12H2,1H3. The molecule has 0 aromatic heterocycles. The molecule has 0 aliphatic rings. The Labute approximate surface area is 113 Å². The average molecular weight is 241 g/mol. The van der Waals surface area contributed by atoms with Crippen LogP contribution < -0.4 is 0 Å². The topological polar surface area (TPSA) is 0 Å². The molecule has 0 heterocycles. The van der Waals surface area contributed by atoms with Crippen molar-refractivity contribution in [1.82, 2.24) is 0 Å². The lowest BCUT2D eigenvalue weighted by Gasteiger charge is -2.03. The summed E-state index contributed by atoms with van der Waals surface area (Å²) in [7, 11) is 0. The van der Waals surface area contributed by atoms with Crippen LogP contribution >= 0.6 is 0 Å². The first kappa shape index (κ1) is 14.8. The van der Waals surface area contributed by atoms with Gasteiger partial charge in [0.2, 0.25) is 0 Å². The van der Waals surface area contributed by atoms with Crippen LogP contribution in [0.25, 0.3) is 0 Å². The highest BCUT2D eigenvalue weighted by molar-refractivity contribution is 5.23. The van der Waals surface area contributed by atoms with Crippen LogP contribution in [-0.2, 0) is 12.8 Å². The largest absolute Gasteiger partial charge is 0.0888 e. The second-order valence-corrected chi connectivity index (χ2v) is 5.01. The van der Waals surface area contributed by atoms with Gasteiger partial charge in [0.15, 0.2) is 0 Å². The molecule has 1 aromatic carbocycles. The van der Waals surface area contributed by atoms with E-state index in [-0.39, 0.29) is 0 Å². The van der Waals surface area contributed by atoms with Gasteiger partial charge in [-0.1, -0.05) is 69.2 Å². The van der Waals surface area contributed by atoms with E-state index >= 15 is 0 Å². The normalized spacial score (nSPS) is 10.2. The molecular weight excluding hydrogens is 216 g/mol. The maximum Gasteiger partial charge on any atom is 0.0139 e. The smallest absolute Gasteiger partial charge is 0.0139 e. The highest BCUT2D eigenvalue weighted by Crippen LogP contribution is 2.11. The molecule has 0 aliphatic carbocycles. The maximum atomic E-state index is 6.90. The Bertz CT molecular complexity index is 339. The SMILES string of the molecule is [C]#CCCc1ccc(CCCCCCCC)cc1. The zero-order valence-corrected chi connectivity index (χ0v) is 11.7. The minimum Gasteiger partial charge on any atom is -0.0888 e. The van der Waals surface area contributed by atoms with Crippen molar-refractivity contribution in [3.8, 4) is 5.92 Å². The van der Waals surface area contributed by atoms with Crippen LogP contribution in [0.2, 0.25) is 0 Å². The van der Waals surface area contributed by atoms with Gasteiger partial charge in [0, 0.05) is 6.42 Å². The number of hydrogen-bond acceptors (Lipinski definition) is 0. The van der Waals surface area contributed by atoms with Gasteiger partial charge in [-0.05, 0) is 36.8 Å². The molecule has 0 fully saturated rings. The molecule has 0 heteroatoms. The lowest BCUT2D eigenvalue weighted by atomic mass is 10.0. The monoisotopic (exact) mass is 241 g/mol. The van der Waals surface area contributed by atoms with Crippen LogP contribution in [0.3, 0.4) is 0 Å². The first-order valence-electron chi connectivity index (χ1n) is 7.34. The predicted molar refractivity (Wildman–Crippen MR) is 79.0 cm³/mol. The van der Waals surface area contributed by atoms with Gasteiger partial charge in [-0.25, -0.2) is 0 Å². The zero-order valence-electron chi connectivity index (χ0n) is 11.7. The third kappa shape index (κ3) is 6.50. The third-order valence-electron chi connectivity index (χ3n) is 3.38. The van der Waals surface area contributed by atoms with Gasteiger partial charge in [0.1, 0.15) is 0 Å². The summed E-state index contributed by atoms with van der Waals surface area (Å²) in [4.78, 5) is 0. The van der Waals surface area contributed by atoms with Gasteiger partial charge in [-0.3, -0.25) is 0 Å². The average Bonchev–Trinajstić information content (AvgIpc) is 2.42. The number of hydrogen-bond donors (Lipinski definition) is 0. The van der Waals surface area contributed by atoms with E-state index in [2.05, 4.69) is 37.1 Å². The Morgan fingerprint density at radius 1 is 0.833 bits per heavy atom. The Kier molecular flexibility index (Phi) is 8.06. The van der Waals surface area contributed by atoms with E-state index in [9.17, 15) is 0 Å². The van der Waals surface area contributed by atoms with Gasteiger partial charge in [0.05, 0.1) is 0 Å². The first-order chi connectivity index (χ1) is 8.86. The molecule has 0 saturated heterocycles. The maximum absolute atomic E-state index is 6.90. The van der Waals surface area contributed by atoms with Crippen molar-refractivity contribution in [1.29, 1.82) is 0 Å². The summed E-state index contributed by atoms with van der Waals surface area (Å²) in [6, 6.07) is 8.88. The van der Waals surface area contributed by atoms with E-state index in [1.165, 1.54) is 56.1 Å². The second kappa shape index (κ2) is 9.77. The summed E-state index contributed by atoms with van der Waals surface area (Å²) in [5.74, 6) is 2.44. The molecule has 0 unspecified atom stereocenters. The van der Waals surface area contributed by atoms with Gasteiger partial charge in [-0.15, -0.1) is 0 Å². The Balaban J connectivity index is 2.17. The highest BCUT2D eigenvalue weighted by atomic mass is 14.0.